The van der Waals surface area contributed by atoms with Gasteiger partial charge in [0.05, 0.1) is 28.0 Å². The number of rotatable bonds is 5. The standard InChI is InChI=1S/C60H37N3S/c1-3-17-38(18-4-1)54-37-55(63-59(62-54)39-19-5-2-6-20-39)42-23-15-21-40(33-42)41-22-16-24-43(34-41)58-48-35-47-44-25-7-9-27-49(44)60(52(47)36-46(48)45-26-8-12-30-53(45)61-58)50-28-10-13-31-56(50)64-57-32-14-11-29-51(57)60/h1-37H. The van der Waals surface area contributed by atoms with Crippen molar-refractivity contribution in [3.63, 3.8) is 0 Å². The fourth-order valence-corrected chi connectivity index (χ4v) is 11.5. The summed E-state index contributed by atoms with van der Waals surface area (Å²) in [6.07, 6.45) is 0. The van der Waals surface area contributed by atoms with Crippen LogP contribution in [-0.2, 0) is 5.41 Å². The Balaban J connectivity index is 0.990. The third-order valence-electron chi connectivity index (χ3n) is 13.1. The second-order valence-electron chi connectivity index (χ2n) is 16.7. The van der Waals surface area contributed by atoms with E-state index in [1.807, 2.05) is 36.0 Å². The molecule has 0 saturated heterocycles. The minimum atomic E-state index is -0.457. The maximum atomic E-state index is 5.49. The smallest absolute Gasteiger partial charge is 0.160 e. The number of pyridine rings is 1. The number of para-hydroxylation sites is 1. The molecule has 0 N–H and O–H groups in total. The quantitative estimate of drug-likeness (QED) is 0.162. The van der Waals surface area contributed by atoms with Gasteiger partial charge in [-0.25, -0.2) is 15.0 Å². The summed E-state index contributed by atoms with van der Waals surface area (Å²) in [4.78, 5) is 18.3. The van der Waals surface area contributed by atoms with Gasteiger partial charge in [0.1, 0.15) is 0 Å². The van der Waals surface area contributed by atoms with Gasteiger partial charge in [0.15, 0.2) is 5.82 Å². The lowest BCUT2D eigenvalue weighted by molar-refractivity contribution is 0.723. The highest BCUT2D eigenvalue weighted by Crippen LogP contribution is 2.63. The zero-order valence-corrected chi connectivity index (χ0v) is 35.4. The van der Waals surface area contributed by atoms with E-state index in [1.54, 1.807) is 0 Å². The second-order valence-corrected chi connectivity index (χ2v) is 17.8. The highest BCUT2D eigenvalue weighted by Gasteiger charge is 2.50. The van der Waals surface area contributed by atoms with Crippen molar-refractivity contribution in [2.45, 2.75) is 15.2 Å². The maximum absolute atomic E-state index is 5.49. The molecule has 0 atom stereocenters. The topological polar surface area (TPSA) is 38.7 Å². The Hall–Kier alpha value is -7.92. The predicted molar refractivity (Wildman–Crippen MR) is 263 cm³/mol. The van der Waals surface area contributed by atoms with Crippen LogP contribution in [0.1, 0.15) is 22.3 Å². The first-order valence-electron chi connectivity index (χ1n) is 21.8. The Morgan fingerprint density at radius 3 is 1.59 bits per heavy atom. The number of hydrogen-bond donors (Lipinski definition) is 0. The van der Waals surface area contributed by atoms with E-state index < -0.39 is 5.41 Å². The molecule has 1 aliphatic carbocycles. The first-order valence-corrected chi connectivity index (χ1v) is 22.6. The van der Waals surface area contributed by atoms with E-state index in [-0.39, 0.29) is 0 Å². The third kappa shape index (κ3) is 5.66. The summed E-state index contributed by atoms with van der Waals surface area (Å²) in [6, 6.07) is 80.9. The fraction of sp³-hybridized carbons (Fsp3) is 0.0167. The third-order valence-corrected chi connectivity index (χ3v) is 14.3. The SMILES string of the molecule is c1ccc(-c2cc(-c3cccc(-c4cccc(-c5nc6ccccc6c6cc7c(cc56)-c5ccccc5C75c6ccccc6Sc6ccccc65)c4)c3)nc(-c3ccccc3)n2)cc1. The van der Waals surface area contributed by atoms with Crippen LogP contribution in [0.2, 0.25) is 0 Å². The Labute approximate surface area is 375 Å². The molecule has 1 spiro atoms. The summed E-state index contributed by atoms with van der Waals surface area (Å²) in [6.45, 7) is 0. The van der Waals surface area contributed by atoms with Crippen LogP contribution in [0.3, 0.4) is 0 Å². The van der Waals surface area contributed by atoms with Crippen molar-refractivity contribution in [2.24, 2.45) is 0 Å². The number of nitrogens with zero attached hydrogens (tertiary/aromatic N) is 3. The molecule has 0 fully saturated rings. The van der Waals surface area contributed by atoms with E-state index in [0.717, 1.165) is 66.8 Å². The maximum Gasteiger partial charge on any atom is 0.160 e. The zero-order valence-electron chi connectivity index (χ0n) is 34.6. The average molecular weight is 832 g/mol. The van der Waals surface area contributed by atoms with Crippen molar-refractivity contribution >= 4 is 33.4 Å². The monoisotopic (exact) mass is 831 g/mol. The summed E-state index contributed by atoms with van der Waals surface area (Å²) < 4.78 is 0. The zero-order chi connectivity index (χ0) is 42.2. The van der Waals surface area contributed by atoms with Gasteiger partial charge in [-0.05, 0) is 98.4 Å². The normalized spacial score (nSPS) is 13.1. The van der Waals surface area contributed by atoms with Gasteiger partial charge in [0, 0.05) is 42.8 Å². The van der Waals surface area contributed by atoms with Crippen molar-refractivity contribution in [3.05, 3.63) is 247 Å². The van der Waals surface area contributed by atoms with Gasteiger partial charge in [-0.2, -0.15) is 0 Å². The van der Waals surface area contributed by atoms with Crippen LogP contribution < -0.4 is 0 Å². The lowest BCUT2D eigenvalue weighted by atomic mass is 9.67. The first-order chi connectivity index (χ1) is 31.7. The van der Waals surface area contributed by atoms with E-state index in [0.29, 0.717) is 5.82 Å². The van der Waals surface area contributed by atoms with Crippen LogP contribution in [-0.4, -0.2) is 15.0 Å². The number of benzene rings is 9. The minimum absolute atomic E-state index is 0.457. The molecule has 2 aromatic heterocycles. The van der Waals surface area contributed by atoms with Crippen molar-refractivity contribution in [2.75, 3.05) is 0 Å². The molecule has 298 valence electrons. The molecule has 9 aromatic carbocycles. The lowest BCUT2D eigenvalue weighted by Gasteiger charge is -2.39. The molecule has 0 bridgehead atoms. The summed E-state index contributed by atoms with van der Waals surface area (Å²) in [7, 11) is 0. The summed E-state index contributed by atoms with van der Waals surface area (Å²) in [5, 5.41) is 3.50. The van der Waals surface area contributed by atoms with E-state index in [4.69, 9.17) is 15.0 Å². The van der Waals surface area contributed by atoms with Crippen molar-refractivity contribution < 1.29 is 0 Å². The summed E-state index contributed by atoms with van der Waals surface area (Å²) >= 11 is 1.88. The van der Waals surface area contributed by atoms with Crippen LogP contribution in [0, 0.1) is 0 Å². The molecular formula is C60H37N3S. The molecule has 0 radical (unpaired) electrons. The van der Waals surface area contributed by atoms with Crippen LogP contribution >= 0.6 is 11.8 Å². The van der Waals surface area contributed by atoms with E-state index >= 15 is 0 Å². The fourth-order valence-electron chi connectivity index (χ4n) is 10.3. The van der Waals surface area contributed by atoms with Crippen molar-refractivity contribution in [1.82, 2.24) is 15.0 Å². The Morgan fingerprint density at radius 2 is 0.859 bits per heavy atom. The van der Waals surface area contributed by atoms with Crippen molar-refractivity contribution in [3.8, 4) is 67.4 Å². The highest BCUT2D eigenvalue weighted by molar-refractivity contribution is 7.99. The van der Waals surface area contributed by atoms with Crippen LogP contribution in [0.15, 0.2) is 234 Å². The molecule has 0 amide bonds. The predicted octanol–water partition coefficient (Wildman–Crippen LogP) is 15.3. The van der Waals surface area contributed by atoms with Gasteiger partial charge < -0.3 is 0 Å². The first kappa shape index (κ1) is 36.7. The molecule has 0 unspecified atom stereocenters. The second kappa shape index (κ2) is 14.6. The Bertz CT molecular complexity index is 3550. The minimum Gasteiger partial charge on any atom is -0.247 e. The molecule has 64 heavy (non-hydrogen) atoms. The van der Waals surface area contributed by atoms with E-state index in [9.17, 15) is 0 Å². The number of aromatic nitrogens is 3. The van der Waals surface area contributed by atoms with Crippen molar-refractivity contribution in [1.29, 1.82) is 0 Å². The molecule has 0 saturated carbocycles. The number of fused-ring (bicyclic) bond motifs is 12. The largest absolute Gasteiger partial charge is 0.247 e. The number of hydrogen-bond acceptors (Lipinski definition) is 4. The summed E-state index contributed by atoms with van der Waals surface area (Å²) in [5.74, 6) is 0.703. The van der Waals surface area contributed by atoms with Gasteiger partial charge in [-0.3, -0.25) is 0 Å². The molecule has 3 heterocycles. The van der Waals surface area contributed by atoms with Crippen LogP contribution in [0.25, 0.3) is 89.1 Å². The van der Waals surface area contributed by atoms with Gasteiger partial charge in [0.25, 0.3) is 0 Å². The summed E-state index contributed by atoms with van der Waals surface area (Å²) in [5.41, 5.74) is 17.5. The van der Waals surface area contributed by atoms with Crippen LogP contribution in [0.5, 0.6) is 0 Å². The van der Waals surface area contributed by atoms with Crippen LogP contribution in [0.4, 0.5) is 0 Å². The van der Waals surface area contributed by atoms with Gasteiger partial charge >= 0.3 is 0 Å². The Kier molecular flexibility index (Phi) is 8.37. The van der Waals surface area contributed by atoms with Gasteiger partial charge in [-0.15, -0.1) is 0 Å². The molecule has 13 rings (SSSR count). The highest BCUT2D eigenvalue weighted by atomic mass is 32.2. The van der Waals surface area contributed by atoms with E-state index in [1.165, 1.54) is 48.6 Å². The molecule has 1 aliphatic heterocycles. The lowest BCUT2D eigenvalue weighted by Crippen LogP contribution is -2.31. The Morgan fingerprint density at radius 1 is 0.312 bits per heavy atom. The molecule has 11 aromatic rings. The van der Waals surface area contributed by atoms with Gasteiger partial charge in [0.2, 0.25) is 0 Å². The van der Waals surface area contributed by atoms with E-state index in [2.05, 4.69) is 200 Å². The molecule has 3 nitrogen and oxygen atoms in total. The van der Waals surface area contributed by atoms with Gasteiger partial charge in [-0.1, -0.05) is 188 Å². The average Bonchev–Trinajstić information content (AvgIpc) is 3.65. The molecule has 4 heteroatoms. The molecular weight excluding hydrogens is 795 g/mol. The molecule has 2 aliphatic rings.